The zero-order valence-corrected chi connectivity index (χ0v) is 15.1. The summed E-state index contributed by atoms with van der Waals surface area (Å²) in [5.74, 6) is -2.93. The van der Waals surface area contributed by atoms with E-state index >= 15 is 0 Å². The second-order valence-electron chi connectivity index (χ2n) is 5.89. The van der Waals surface area contributed by atoms with Crippen molar-refractivity contribution in [1.29, 1.82) is 0 Å². The molecule has 0 aliphatic rings. The van der Waals surface area contributed by atoms with Crippen LogP contribution in [0.25, 0.3) is 11.0 Å². The zero-order chi connectivity index (χ0) is 20.3. The molecule has 0 saturated heterocycles. The smallest absolute Gasteiger partial charge is 0.343 e. The fraction of sp³-hybridized carbons (Fsp3) is 0.211. The van der Waals surface area contributed by atoms with Crippen molar-refractivity contribution in [2.24, 2.45) is 0 Å². The summed E-state index contributed by atoms with van der Waals surface area (Å²) in [5.41, 5.74) is 0.458. The lowest BCUT2D eigenvalue weighted by atomic mass is 9.87. The molecule has 0 unspecified atom stereocenters. The largest absolute Gasteiger partial charge is 0.506 e. The van der Waals surface area contributed by atoms with Crippen LogP contribution in [-0.2, 0) is 14.3 Å². The van der Waals surface area contributed by atoms with Gasteiger partial charge in [0.05, 0.1) is 37.2 Å². The van der Waals surface area contributed by atoms with E-state index in [1.54, 1.807) is 18.2 Å². The Morgan fingerprint density at radius 2 is 1.93 bits per heavy atom. The van der Waals surface area contributed by atoms with Crippen LogP contribution in [0.3, 0.4) is 0 Å². The minimum absolute atomic E-state index is 0.161. The summed E-state index contributed by atoms with van der Waals surface area (Å²) in [4.78, 5) is 47.5. The van der Waals surface area contributed by atoms with Gasteiger partial charge in [0.25, 0.3) is 5.56 Å². The summed E-state index contributed by atoms with van der Waals surface area (Å²) in [7, 11) is 2.37. The van der Waals surface area contributed by atoms with Gasteiger partial charge in [0.1, 0.15) is 11.3 Å². The summed E-state index contributed by atoms with van der Waals surface area (Å²) in [6, 6.07) is 5.11. The van der Waals surface area contributed by atoms with Crippen molar-refractivity contribution in [3.05, 3.63) is 63.8 Å². The molecule has 3 aromatic rings. The van der Waals surface area contributed by atoms with E-state index in [0.717, 1.165) is 13.3 Å². The number of esters is 2. The van der Waals surface area contributed by atoms with E-state index in [0.29, 0.717) is 16.6 Å². The van der Waals surface area contributed by atoms with Gasteiger partial charge >= 0.3 is 11.9 Å². The van der Waals surface area contributed by atoms with Gasteiger partial charge < -0.3 is 19.6 Å². The first-order valence-corrected chi connectivity index (χ1v) is 8.27. The number of rotatable bonds is 5. The molecule has 0 aliphatic carbocycles. The first-order valence-electron chi connectivity index (χ1n) is 8.27. The maximum atomic E-state index is 12.6. The predicted molar refractivity (Wildman–Crippen MR) is 98.1 cm³/mol. The summed E-state index contributed by atoms with van der Waals surface area (Å²) < 4.78 is 9.39. The number of methoxy groups -OCH3 is 2. The Bertz CT molecular complexity index is 1100. The number of ether oxygens (including phenoxy) is 2. The summed E-state index contributed by atoms with van der Waals surface area (Å²) in [6.45, 7) is 0. The van der Waals surface area contributed by atoms with Crippen LogP contribution in [0.2, 0.25) is 0 Å². The second kappa shape index (κ2) is 7.87. The number of hydrogen-bond acceptors (Lipinski definition) is 8. The average molecular weight is 383 g/mol. The van der Waals surface area contributed by atoms with Crippen molar-refractivity contribution in [1.82, 2.24) is 15.0 Å². The van der Waals surface area contributed by atoms with E-state index in [2.05, 4.69) is 19.7 Å². The summed E-state index contributed by atoms with van der Waals surface area (Å²) in [5, 5.41) is 10.7. The lowest BCUT2D eigenvalue weighted by Crippen LogP contribution is -2.22. The standard InChI is InChI=1S/C19H17N3O6/c1-27-14(23)8-11(10-4-3-5-13-16(10)21-7-6-20-13)15-17(24)12(19(26)28-2)9-22-18(15)25/h3-7,9,11H,8H2,1-2H3,(H2,22,24,25)/t11-/m0/s1. The third-order valence-electron chi connectivity index (χ3n) is 4.36. The number of pyridine rings is 1. The molecule has 1 atom stereocenters. The second-order valence-corrected chi connectivity index (χ2v) is 5.89. The number of para-hydroxylation sites is 1. The maximum Gasteiger partial charge on any atom is 0.343 e. The van der Waals surface area contributed by atoms with E-state index in [1.807, 2.05) is 0 Å². The van der Waals surface area contributed by atoms with Crippen LogP contribution in [0.4, 0.5) is 0 Å². The van der Waals surface area contributed by atoms with Crippen LogP contribution in [0.5, 0.6) is 5.75 Å². The molecule has 2 heterocycles. The number of aromatic hydroxyl groups is 1. The molecule has 0 bridgehead atoms. The maximum absolute atomic E-state index is 12.6. The molecule has 9 nitrogen and oxygen atoms in total. The predicted octanol–water partition coefficient (Wildman–Crippen LogP) is 1.51. The minimum Gasteiger partial charge on any atom is -0.506 e. The zero-order valence-electron chi connectivity index (χ0n) is 15.1. The highest BCUT2D eigenvalue weighted by Crippen LogP contribution is 2.36. The molecule has 9 heteroatoms. The van der Waals surface area contributed by atoms with Crippen molar-refractivity contribution >= 4 is 23.0 Å². The minimum atomic E-state index is -0.929. The van der Waals surface area contributed by atoms with E-state index < -0.39 is 29.2 Å². The van der Waals surface area contributed by atoms with E-state index in [-0.39, 0.29) is 17.5 Å². The van der Waals surface area contributed by atoms with E-state index in [4.69, 9.17) is 4.74 Å². The van der Waals surface area contributed by atoms with Gasteiger partial charge in [-0.2, -0.15) is 0 Å². The SMILES string of the molecule is COC(=O)C[C@H](c1c(O)c(C(=O)OC)c[nH]c1=O)c1cccc2nccnc12. The molecular weight excluding hydrogens is 366 g/mol. The van der Waals surface area contributed by atoms with Gasteiger partial charge in [-0.3, -0.25) is 19.6 Å². The molecule has 0 spiro atoms. The van der Waals surface area contributed by atoms with E-state index in [9.17, 15) is 19.5 Å². The highest BCUT2D eigenvalue weighted by atomic mass is 16.5. The summed E-state index contributed by atoms with van der Waals surface area (Å²) in [6.07, 6.45) is 3.80. The van der Waals surface area contributed by atoms with Crippen LogP contribution >= 0.6 is 0 Å². The van der Waals surface area contributed by atoms with Gasteiger partial charge in [-0.15, -0.1) is 0 Å². The number of carbonyl (C=O) groups is 2. The van der Waals surface area contributed by atoms with Gasteiger partial charge in [0, 0.05) is 24.5 Å². The molecule has 2 N–H and O–H groups in total. The lowest BCUT2D eigenvalue weighted by molar-refractivity contribution is -0.140. The Morgan fingerprint density at radius 3 is 2.64 bits per heavy atom. The number of fused-ring (bicyclic) bond motifs is 1. The molecule has 0 radical (unpaired) electrons. The van der Waals surface area contributed by atoms with Crippen LogP contribution < -0.4 is 5.56 Å². The highest BCUT2D eigenvalue weighted by molar-refractivity contribution is 5.92. The van der Waals surface area contributed by atoms with Crippen molar-refractivity contribution in [2.75, 3.05) is 14.2 Å². The number of hydrogen-bond donors (Lipinski definition) is 2. The molecule has 2 aromatic heterocycles. The fourth-order valence-corrected chi connectivity index (χ4v) is 3.04. The molecule has 0 fully saturated rings. The molecule has 1 aromatic carbocycles. The van der Waals surface area contributed by atoms with Crippen LogP contribution in [-0.4, -0.2) is 46.2 Å². The van der Waals surface area contributed by atoms with Crippen LogP contribution in [0.1, 0.15) is 33.8 Å². The topological polar surface area (TPSA) is 131 Å². The van der Waals surface area contributed by atoms with Gasteiger partial charge in [-0.05, 0) is 11.6 Å². The fourth-order valence-electron chi connectivity index (χ4n) is 3.04. The normalized spacial score (nSPS) is 11.8. The lowest BCUT2D eigenvalue weighted by Gasteiger charge is -2.19. The number of carbonyl (C=O) groups excluding carboxylic acids is 2. The van der Waals surface area contributed by atoms with E-state index in [1.165, 1.54) is 19.5 Å². The molecule has 144 valence electrons. The first-order chi connectivity index (χ1) is 13.5. The Hall–Kier alpha value is -3.75. The third-order valence-corrected chi connectivity index (χ3v) is 4.36. The van der Waals surface area contributed by atoms with Crippen molar-refractivity contribution < 1.29 is 24.2 Å². The van der Waals surface area contributed by atoms with Crippen molar-refractivity contribution in [3.63, 3.8) is 0 Å². The molecule has 0 saturated carbocycles. The Labute approximate surface area is 159 Å². The van der Waals surface area contributed by atoms with Gasteiger partial charge in [0.15, 0.2) is 0 Å². The Kier molecular flexibility index (Phi) is 5.35. The monoisotopic (exact) mass is 383 g/mol. The van der Waals surface area contributed by atoms with Crippen molar-refractivity contribution in [3.8, 4) is 5.75 Å². The number of H-pyrrole nitrogens is 1. The highest BCUT2D eigenvalue weighted by Gasteiger charge is 2.29. The molecule has 0 aliphatic heterocycles. The van der Waals surface area contributed by atoms with Gasteiger partial charge in [-0.1, -0.05) is 12.1 Å². The van der Waals surface area contributed by atoms with Crippen molar-refractivity contribution in [2.45, 2.75) is 12.3 Å². The van der Waals surface area contributed by atoms with Crippen LogP contribution in [0.15, 0.2) is 41.6 Å². The Balaban J connectivity index is 2.29. The quantitative estimate of drug-likeness (QED) is 0.634. The number of nitrogens with zero attached hydrogens (tertiary/aromatic N) is 2. The first kappa shape index (κ1) is 19.0. The van der Waals surface area contributed by atoms with Gasteiger partial charge in [0.2, 0.25) is 0 Å². The number of aromatic amines is 1. The van der Waals surface area contributed by atoms with Crippen LogP contribution in [0, 0.1) is 0 Å². The molecular formula is C19H17N3O6. The third kappa shape index (κ3) is 3.41. The molecule has 3 rings (SSSR count). The number of aromatic nitrogens is 3. The number of benzene rings is 1. The summed E-state index contributed by atoms with van der Waals surface area (Å²) >= 11 is 0. The molecule has 0 amide bonds. The number of nitrogens with one attached hydrogen (secondary N) is 1. The average Bonchev–Trinajstić information content (AvgIpc) is 2.72. The Morgan fingerprint density at radius 1 is 1.18 bits per heavy atom. The van der Waals surface area contributed by atoms with Gasteiger partial charge in [-0.25, -0.2) is 4.79 Å². The molecule has 28 heavy (non-hydrogen) atoms.